The largest absolute Gasteiger partial charge is 0.480 e. The number of aliphatic hydroxyl groups excluding tert-OH is 1. The molecule has 0 saturated carbocycles. The van der Waals surface area contributed by atoms with Crippen LogP contribution in [0.1, 0.15) is 226 Å². The summed E-state index contributed by atoms with van der Waals surface area (Å²) in [5.41, 5.74) is 0. The summed E-state index contributed by atoms with van der Waals surface area (Å²) in [5, 5.41) is 22.6. The third-order valence-electron chi connectivity index (χ3n) is 10.8. The Hall–Kier alpha value is -3.20. The molecule has 0 fully saturated rings. The van der Waals surface area contributed by atoms with Crippen molar-refractivity contribution in [3.63, 3.8) is 0 Å². The lowest BCUT2D eigenvalue weighted by Gasteiger charge is -2.18. The van der Waals surface area contributed by atoms with Gasteiger partial charge in [0.15, 0.2) is 0 Å². The Labute approximate surface area is 367 Å². The number of carbonyl (C=O) groups excluding carboxylic acids is 3. The van der Waals surface area contributed by atoms with Crippen LogP contribution in [0, 0.1) is 0 Å². The third kappa shape index (κ3) is 41.5. The lowest BCUT2D eigenvalue weighted by atomic mass is 10.0. The number of nitrogens with one attached hydrogen (secondary N) is 2. The highest BCUT2D eigenvalue weighted by atomic mass is 16.5. The van der Waals surface area contributed by atoms with Gasteiger partial charge in [0, 0.05) is 12.8 Å². The molecule has 0 spiro atoms. The lowest BCUT2D eigenvalue weighted by Crippen LogP contribution is -2.47. The Morgan fingerprint density at radius 3 is 1.38 bits per heavy atom. The fourth-order valence-electron chi connectivity index (χ4n) is 7.01. The summed E-state index contributed by atoms with van der Waals surface area (Å²) in [6.45, 7) is 3.45. The summed E-state index contributed by atoms with van der Waals surface area (Å²) >= 11 is 0. The van der Waals surface area contributed by atoms with Gasteiger partial charge in [-0.2, -0.15) is 0 Å². The van der Waals surface area contributed by atoms with Gasteiger partial charge < -0.3 is 25.6 Å². The maximum absolute atomic E-state index is 12.9. The number of esters is 1. The second-order valence-electron chi connectivity index (χ2n) is 16.5. The first-order valence-electron chi connectivity index (χ1n) is 24.5. The first-order valence-corrected chi connectivity index (χ1v) is 24.5. The molecule has 0 bridgehead atoms. The second-order valence-corrected chi connectivity index (χ2v) is 16.5. The molecule has 0 aromatic heterocycles. The van der Waals surface area contributed by atoms with Gasteiger partial charge >= 0.3 is 11.9 Å². The van der Waals surface area contributed by atoms with Gasteiger partial charge in [0.1, 0.15) is 12.1 Å². The zero-order chi connectivity index (χ0) is 44.0. The number of carboxylic acids is 1. The predicted octanol–water partition coefficient (Wildman–Crippen LogP) is 12.7. The van der Waals surface area contributed by atoms with Crippen LogP contribution in [-0.4, -0.2) is 59.3 Å². The van der Waals surface area contributed by atoms with Crippen molar-refractivity contribution in [2.24, 2.45) is 0 Å². The molecule has 0 aliphatic heterocycles. The highest BCUT2D eigenvalue weighted by molar-refractivity contribution is 5.87. The molecule has 346 valence electrons. The van der Waals surface area contributed by atoms with Gasteiger partial charge in [-0.15, -0.1) is 0 Å². The third-order valence-corrected chi connectivity index (χ3v) is 10.8. The van der Waals surface area contributed by atoms with Gasteiger partial charge in [-0.05, 0) is 103 Å². The summed E-state index contributed by atoms with van der Waals surface area (Å²) < 4.78 is 6.04. The van der Waals surface area contributed by atoms with E-state index in [1.54, 1.807) is 0 Å². The zero-order valence-electron chi connectivity index (χ0n) is 38.5. The maximum Gasteiger partial charge on any atom is 0.328 e. The van der Waals surface area contributed by atoms with Crippen molar-refractivity contribution in [3.8, 4) is 0 Å². The Bertz CT molecular complexity index is 1150. The van der Waals surface area contributed by atoms with Crippen LogP contribution in [0.5, 0.6) is 0 Å². The number of rotatable bonds is 44. The van der Waals surface area contributed by atoms with Crippen LogP contribution in [0.2, 0.25) is 0 Å². The fraction of sp³-hybridized carbons (Fsp3) is 0.765. The van der Waals surface area contributed by atoms with Crippen LogP contribution in [0.3, 0.4) is 0 Å². The average molecular weight is 843 g/mol. The van der Waals surface area contributed by atoms with Crippen molar-refractivity contribution in [1.29, 1.82) is 0 Å². The van der Waals surface area contributed by atoms with E-state index in [4.69, 9.17) is 14.9 Å². The fourth-order valence-corrected chi connectivity index (χ4v) is 7.01. The number of amides is 2. The van der Waals surface area contributed by atoms with E-state index in [-0.39, 0.29) is 30.9 Å². The molecule has 4 N–H and O–H groups in total. The first-order chi connectivity index (χ1) is 29.3. The molecule has 0 aromatic carbocycles. The van der Waals surface area contributed by atoms with E-state index in [9.17, 15) is 19.2 Å². The van der Waals surface area contributed by atoms with Gasteiger partial charge in [-0.3, -0.25) is 14.4 Å². The molecule has 0 aliphatic carbocycles. The van der Waals surface area contributed by atoms with Crippen molar-refractivity contribution in [1.82, 2.24) is 10.6 Å². The van der Waals surface area contributed by atoms with Gasteiger partial charge in [-0.25, -0.2) is 4.79 Å². The number of allylic oxidation sites excluding steroid dienone is 8. The molecule has 9 nitrogen and oxygen atoms in total. The van der Waals surface area contributed by atoms with E-state index in [1.165, 1.54) is 103 Å². The number of carbonyl (C=O) groups is 4. The van der Waals surface area contributed by atoms with E-state index >= 15 is 0 Å². The van der Waals surface area contributed by atoms with Crippen LogP contribution in [0.4, 0.5) is 0 Å². The molecular formula is C51H90N2O7. The number of hydrogen-bond acceptors (Lipinski definition) is 6. The van der Waals surface area contributed by atoms with E-state index < -0.39 is 24.5 Å². The van der Waals surface area contributed by atoms with E-state index in [0.717, 1.165) is 89.9 Å². The molecule has 2 atom stereocenters. The van der Waals surface area contributed by atoms with Gasteiger partial charge in [-0.1, -0.05) is 159 Å². The van der Waals surface area contributed by atoms with Crippen molar-refractivity contribution < 1.29 is 34.1 Å². The number of hydrogen-bond donors (Lipinski definition) is 4. The Kier molecular flexibility index (Phi) is 42.9. The lowest BCUT2D eigenvalue weighted by molar-refractivity contribution is -0.150. The van der Waals surface area contributed by atoms with Gasteiger partial charge in [0.2, 0.25) is 11.8 Å². The number of aliphatic hydroxyl groups is 1. The number of unbranched alkanes of at least 4 members (excludes halogenated alkanes) is 22. The van der Waals surface area contributed by atoms with Crippen LogP contribution in [-0.2, 0) is 23.9 Å². The zero-order valence-corrected chi connectivity index (χ0v) is 38.5. The highest BCUT2D eigenvalue weighted by Gasteiger charge is 2.19. The molecule has 2 unspecified atom stereocenters. The van der Waals surface area contributed by atoms with Gasteiger partial charge in [0.25, 0.3) is 0 Å². The minimum atomic E-state index is -1.39. The van der Waals surface area contributed by atoms with E-state index in [2.05, 4.69) is 73.1 Å². The smallest absolute Gasteiger partial charge is 0.328 e. The van der Waals surface area contributed by atoms with Crippen molar-refractivity contribution in [2.45, 2.75) is 238 Å². The molecule has 0 rings (SSSR count). The Morgan fingerprint density at radius 1 is 0.500 bits per heavy atom. The van der Waals surface area contributed by atoms with Crippen molar-refractivity contribution in [3.05, 3.63) is 48.6 Å². The quantitative estimate of drug-likeness (QED) is 0.0272. The monoisotopic (exact) mass is 843 g/mol. The first kappa shape index (κ1) is 56.8. The SMILES string of the molecule is CCCCC/C=C\C/C=C\CCCCCCCCCC(=O)OC(CCCCC/C=C\C/C=C\CCCCCCC)CCCCCCCC(=O)NCC(=O)NC(CO)C(=O)O. The molecule has 9 heteroatoms. The number of ether oxygens (including phenoxy) is 1. The number of aliphatic carboxylic acids is 1. The topological polar surface area (TPSA) is 142 Å². The van der Waals surface area contributed by atoms with E-state index in [1.807, 2.05) is 0 Å². The predicted molar refractivity (Wildman–Crippen MR) is 250 cm³/mol. The van der Waals surface area contributed by atoms with Crippen LogP contribution in [0.15, 0.2) is 48.6 Å². The standard InChI is InChI=1S/C51H90N2O7/c1-3-5-7-9-11-13-15-17-19-20-22-24-26-28-30-35-39-43-50(57)60-46(40-36-32-29-27-25-23-21-18-16-14-12-10-8-6-4-2)41-37-33-31-34-38-42-48(55)52-44-49(56)53-47(45-54)51(58)59/h11,13,16-19,23,25,46-47,54H,3-10,12,14-15,20-22,24,26-45H2,1-2H3,(H,52,55)(H,53,56)(H,58,59)/b13-11-,18-16-,19-17-,25-23-. The van der Waals surface area contributed by atoms with Crippen molar-refractivity contribution in [2.75, 3.05) is 13.2 Å². The molecule has 0 saturated heterocycles. The molecule has 0 radical (unpaired) electrons. The summed E-state index contributed by atoms with van der Waals surface area (Å²) in [5.74, 6) is -2.31. The second kappa shape index (κ2) is 45.3. The summed E-state index contributed by atoms with van der Waals surface area (Å²) in [6.07, 6.45) is 54.2. The minimum Gasteiger partial charge on any atom is -0.480 e. The molecule has 0 aromatic rings. The Balaban J connectivity index is 4.38. The molecule has 60 heavy (non-hydrogen) atoms. The molecule has 0 heterocycles. The van der Waals surface area contributed by atoms with Crippen LogP contribution in [0.25, 0.3) is 0 Å². The maximum atomic E-state index is 12.9. The van der Waals surface area contributed by atoms with Gasteiger partial charge in [0.05, 0.1) is 13.2 Å². The molecular weight excluding hydrogens is 753 g/mol. The summed E-state index contributed by atoms with van der Waals surface area (Å²) in [7, 11) is 0. The van der Waals surface area contributed by atoms with Crippen LogP contribution < -0.4 is 10.6 Å². The van der Waals surface area contributed by atoms with E-state index in [0.29, 0.717) is 12.8 Å². The average Bonchev–Trinajstić information content (AvgIpc) is 3.23. The summed E-state index contributed by atoms with van der Waals surface area (Å²) in [6, 6.07) is -1.39. The molecule has 0 aliphatic rings. The normalized spacial score (nSPS) is 12.8. The van der Waals surface area contributed by atoms with Crippen molar-refractivity contribution >= 4 is 23.8 Å². The summed E-state index contributed by atoms with van der Waals surface area (Å²) in [4.78, 5) is 47.7. The minimum absolute atomic E-state index is 0.0421. The highest BCUT2D eigenvalue weighted by Crippen LogP contribution is 2.18. The van der Waals surface area contributed by atoms with Crippen LogP contribution >= 0.6 is 0 Å². The number of carboxylic acid groups (broad SMARTS) is 1. The molecule has 2 amide bonds. The Morgan fingerprint density at radius 2 is 0.900 bits per heavy atom.